The number of amides is 2. The van der Waals surface area contributed by atoms with Crippen molar-refractivity contribution in [3.05, 3.63) is 128 Å². The minimum absolute atomic E-state index is 0.146. The van der Waals surface area contributed by atoms with Crippen LogP contribution in [0, 0.1) is 24.4 Å². The molecule has 2 amide bonds. The van der Waals surface area contributed by atoms with E-state index in [2.05, 4.69) is 31.9 Å². The predicted molar refractivity (Wildman–Crippen MR) is 160 cm³/mol. The maximum absolute atomic E-state index is 14.5. The number of benzene rings is 4. The summed E-state index contributed by atoms with van der Waals surface area (Å²) in [6.45, 7) is 1.77. The van der Waals surface area contributed by atoms with Gasteiger partial charge in [-0.1, -0.05) is 67.8 Å². The van der Waals surface area contributed by atoms with Gasteiger partial charge in [0.05, 0.1) is 17.4 Å². The molecular formula is C30H23Br2F3N2O4S. The second-order valence-electron chi connectivity index (χ2n) is 9.37. The molecule has 4 aromatic carbocycles. The first kappa shape index (κ1) is 31.5. The number of nitrogens with zero attached hydrogens (tertiary/aromatic N) is 2. The predicted octanol–water partition coefficient (Wildman–Crippen LogP) is 7.56. The zero-order valence-electron chi connectivity index (χ0n) is 22.2. The first-order valence-corrected chi connectivity index (χ1v) is 15.4. The average molecular weight is 724 g/mol. The molecule has 0 radical (unpaired) electrons. The second kappa shape index (κ2) is 12.8. The van der Waals surface area contributed by atoms with E-state index in [1.807, 2.05) is 0 Å². The fraction of sp³-hybridized carbons (Fsp3) is 0.133. The quantitative estimate of drug-likeness (QED) is 0.176. The molecule has 0 saturated heterocycles. The van der Waals surface area contributed by atoms with E-state index < -0.39 is 51.8 Å². The Bertz CT molecular complexity index is 1710. The monoisotopic (exact) mass is 722 g/mol. The standard InChI is InChI=1S/C30H23Br2F3N2O4S/c1-18-8-10-24(11-9-18)42(40,41)36(2)28(38)17-27(20-12-25(33)29(35)26(34)13-20)37(23-15-21(31)14-22(32)16-23)30(39)19-6-4-3-5-7-19/h3-16,27H,17H2,1-2H3/t27-/m1/s1. The number of halogens is 5. The van der Waals surface area contributed by atoms with E-state index in [-0.39, 0.29) is 21.7 Å². The summed E-state index contributed by atoms with van der Waals surface area (Å²) >= 11 is 6.73. The summed E-state index contributed by atoms with van der Waals surface area (Å²) in [6, 6.07) is 18.5. The highest BCUT2D eigenvalue weighted by Crippen LogP contribution is 2.37. The Morgan fingerprint density at radius 2 is 1.38 bits per heavy atom. The number of hydrogen-bond acceptors (Lipinski definition) is 4. The minimum Gasteiger partial charge on any atom is -0.300 e. The Morgan fingerprint density at radius 1 is 0.833 bits per heavy atom. The molecule has 0 aliphatic heterocycles. The van der Waals surface area contributed by atoms with Crippen molar-refractivity contribution < 1.29 is 31.2 Å². The number of sulfonamides is 1. The fourth-order valence-electron chi connectivity index (χ4n) is 4.26. The number of rotatable bonds is 8. The van der Waals surface area contributed by atoms with Crippen molar-refractivity contribution >= 4 is 59.4 Å². The molecule has 0 aliphatic rings. The van der Waals surface area contributed by atoms with E-state index in [1.54, 1.807) is 55.5 Å². The van der Waals surface area contributed by atoms with Crippen molar-refractivity contribution in [3.8, 4) is 0 Å². The number of hydrogen-bond donors (Lipinski definition) is 0. The highest BCUT2D eigenvalue weighted by atomic mass is 79.9. The zero-order valence-corrected chi connectivity index (χ0v) is 26.2. The van der Waals surface area contributed by atoms with E-state index in [9.17, 15) is 31.2 Å². The van der Waals surface area contributed by atoms with Crippen molar-refractivity contribution in [2.45, 2.75) is 24.3 Å². The molecule has 0 bridgehead atoms. The summed E-state index contributed by atoms with van der Waals surface area (Å²) in [5.74, 6) is -6.44. The highest BCUT2D eigenvalue weighted by Gasteiger charge is 2.35. The topological polar surface area (TPSA) is 74.8 Å². The van der Waals surface area contributed by atoms with Crippen LogP contribution in [0.2, 0.25) is 0 Å². The molecule has 1 atom stereocenters. The van der Waals surface area contributed by atoms with Gasteiger partial charge in [-0.3, -0.25) is 9.59 Å². The molecule has 0 heterocycles. The normalized spacial score (nSPS) is 12.1. The Morgan fingerprint density at radius 3 is 1.93 bits per heavy atom. The van der Waals surface area contributed by atoms with Crippen LogP contribution in [0.25, 0.3) is 0 Å². The third-order valence-electron chi connectivity index (χ3n) is 6.47. The third-order valence-corrected chi connectivity index (χ3v) is 9.17. The lowest BCUT2D eigenvalue weighted by atomic mass is 9.98. The highest BCUT2D eigenvalue weighted by molar-refractivity contribution is 9.11. The maximum Gasteiger partial charge on any atom is 0.266 e. The van der Waals surface area contributed by atoms with Crippen LogP contribution in [-0.4, -0.2) is 31.6 Å². The average Bonchev–Trinajstić information content (AvgIpc) is 2.95. The summed E-state index contributed by atoms with van der Waals surface area (Å²) in [7, 11) is -3.27. The molecule has 4 aromatic rings. The van der Waals surface area contributed by atoms with Crippen LogP contribution in [0.4, 0.5) is 18.9 Å². The lowest BCUT2D eigenvalue weighted by Gasteiger charge is -2.33. The second-order valence-corrected chi connectivity index (χ2v) is 13.2. The lowest BCUT2D eigenvalue weighted by Crippen LogP contribution is -2.40. The molecule has 42 heavy (non-hydrogen) atoms. The fourth-order valence-corrected chi connectivity index (χ4v) is 6.67. The van der Waals surface area contributed by atoms with Crippen LogP contribution in [-0.2, 0) is 14.8 Å². The third kappa shape index (κ3) is 6.77. The summed E-state index contributed by atoms with van der Waals surface area (Å²) in [5, 5.41) is 0. The van der Waals surface area contributed by atoms with Gasteiger partial charge in [0.15, 0.2) is 17.5 Å². The van der Waals surface area contributed by atoms with E-state index >= 15 is 0 Å². The Balaban J connectivity index is 1.88. The van der Waals surface area contributed by atoms with Gasteiger partial charge in [0.25, 0.3) is 15.9 Å². The van der Waals surface area contributed by atoms with Crippen LogP contribution >= 0.6 is 31.9 Å². The number of aryl methyl sites for hydroxylation is 1. The molecule has 6 nitrogen and oxygen atoms in total. The van der Waals surface area contributed by atoms with Crippen molar-refractivity contribution in [2.24, 2.45) is 0 Å². The molecule has 4 rings (SSSR count). The molecule has 0 unspecified atom stereocenters. The summed E-state index contributed by atoms with van der Waals surface area (Å²) in [6.07, 6.45) is -0.727. The van der Waals surface area contributed by atoms with Crippen molar-refractivity contribution in [1.29, 1.82) is 0 Å². The van der Waals surface area contributed by atoms with E-state index in [4.69, 9.17) is 0 Å². The largest absolute Gasteiger partial charge is 0.300 e. The van der Waals surface area contributed by atoms with E-state index in [1.165, 1.54) is 24.3 Å². The van der Waals surface area contributed by atoms with E-state index in [0.717, 1.165) is 17.5 Å². The Hall–Kier alpha value is -3.48. The van der Waals surface area contributed by atoms with Gasteiger partial charge in [-0.05, 0) is 67.1 Å². The molecule has 12 heteroatoms. The number of anilines is 1. The van der Waals surface area contributed by atoms with Gasteiger partial charge in [0.2, 0.25) is 5.91 Å². The SMILES string of the molecule is Cc1ccc(S(=O)(=O)N(C)C(=O)C[C@H](c2cc(F)c(F)c(F)c2)N(C(=O)c2ccccc2)c2cc(Br)cc(Br)c2)cc1. The van der Waals surface area contributed by atoms with Crippen LogP contribution < -0.4 is 4.90 Å². The van der Waals surface area contributed by atoms with Gasteiger partial charge in [0.1, 0.15) is 0 Å². The first-order chi connectivity index (χ1) is 19.8. The van der Waals surface area contributed by atoms with Crippen molar-refractivity contribution in [2.75, 3.05) is 11.9 Å². The number of carbonyl (C=O) groups excluding carboxylic acids is 2. The molecule has 0 saturated carbocycles. The molecule has 0 aliphatic carbocycles. The summed E-state index contributed by atoms with van der Waals surface area (Å²) in [4.78, 5) is 28.6. The lowest BCUT2D eigenvalue weighted by molar-refractivity contribution is -0.126. The number of carbonyl (C=O) groups is 2. The van der Waals surface area contributed by atoms with Gasteiger partial charge in [0, 0.05) is 27.2 Å². The van der Waals surface area contributed by atoms with Gasteiger partial charge in [-0.2, -0.15) is 0 Å². The molecular weight excluding hydrogens is 701 g/mol. The van der Waals surface area contributed by atoms with E-state index in [0.29, 0.717) is 25.4 Å². The Kier molecular flexibility index (Phi) is 9.59. The smallest absolute Gasteiger partial charge is 0.266 e. The Labute approximate surface area is 258 Å². The molecule has 0 N–H and O–H groups in total. The summed E-state index contributed by atoms with van der Waals surface area (Å²) < 4.78 is 71.2. The van der Waals surface area contributed by atoms with Crippen LogP contribution in [0.15, 0.2) is 98.8 Å². The van der Waals surface area contributed by atoms with Gasteiger partial charge in [-0.25, -0.2) is 25.9 Å². The van der Waals surface area contributed by atoms with Gasteiger partial charge >= 0.3 is 0 Å². The van der Waals surface area contributed by atoms with Crippen LogP contribution in [0.5, 0.6) is 0 Å². The summed E-state index contributed by atoms with van der Waals surface area (Å²) in [5.41, 5.74) is 0.923. The maximum atomic E-state index is 14.5. The molecule has 0 spiro atoms. The van der Waals surface area contributed by atoms with Gasteiger partial charge in [-0.15, -0.1) is 0 Å². The molecule has 218 valence electrons. The van der Waals surface area contributed by atoms with Crippen molar-refractivity contribution in [3.63, 3.8) is 0 Å². The molecule has 0 fully saturated rings. The zero-order chi connectivity index (χ0) is 30.8. The minimum atomic E-state index is -4.32. The van der Waals surface area contributed by atoms with Crippen LogP contribution in [0.1, 0.15) is 33.9 Å². The van der Waals surface area contributed by atoms with Gasteiger partial charge < -0.3 is 4.90 Å². The first-order valence-electron chi connectivity index (χ1n) is 12.4. The van der Waals surface area contributed by atoms with Crippen LogP contribution in [0.3, 0.4) is 0 Å². The molecule has 0 aromatic heterocycles. The van der Waals surface area contributed by atoms with Crippen molar-refractivity contribution in [1.82, 2.24) is 4.31 Å².